The highest BCUT2D eigenvalue weighted by molar-refractivity contribution is 8.23. The molecule has 4 heteroatoms. The Bertz CT molecular complexity index is 387. The summed E-state index contributed by atoms with van der Waals surface area (Å²) >= 11 is 8.56. The second-order valence-electron chi connectivity index (χ2n) is 2.91. The third-order valence-electron chi connectivity index (χ3n) is 2.07. The lowest BCUT2D eigenvalue weighted by atomic mass is 10.1. The van der Waals surface area contributed by atoms with Gasteiger partial charge in [-0.2, -0.15) is 0 Å². The fourth-order valence-corrected chi connectivity index (χ4v) is 3.91. The van der Waals surface area contributed by atoms with Gasteiger partial charge in [0.15, 0.2) is 0 Å². The van der Waals surface area contributed by atoms with Gasteiger partial charge in [0.05, 0.1) is 4.20 Å². The zero-order chi connectivity index (χ0) is 10.1. The van der Waals surface area contributed by atoms with Crippen LogP contribution in [-0.2, 0) is 5.75 Å². The maximum absolute atomic E-state index is 13.4. The summed E-state index contributed by atoms with van der Waals surface area (Å²) in [5.74, 6) is 1.56. The maximum Gasteiger partial charge on any atom is 0.128 e. The van der Waals surface area contributed by atoms with E-state index in [1.807, 2.05) is 6.07 Å². The van der Waals surface area contributed by atoms with Crippen molar-refractivity contribution in [3.05, 3.63) is 29.1 Å². The number of thiocarbonyl (C=S) groups is 1. The third kappa shape index (κ3) is 1.71. The summed E-state index contributed by atoms with van der Waals surface area (Å²) in [6, 6.07) is 3.36. The van der Waals surface area contributed by atoms with Gasteiger partial charge in [-0.3, -0.25) is 0 Å². The van der Waals surface area contributed by atoms with Crippen LogP contribution in [0.2, 0.25) is 0 Å². The van der Waals surface area contributed by atoms with E-state index in [9.17, 15) is 4.39 Å². The van der Waals surface area contributed by atoms with Crippen LogP contribution in [0.5, 0.6) is 0 Å². The Labute approximate surface area is 96.7 Å². The molecule has 0 spiro atoms. The molecular formula is C10H9FS3. The molecule has 0 unspecified atom stereocenters. The van der Waals surface area contributed by atoms with Crippen LogP contribution in [0.4, 0.5) is 4.39 Å². The molecule has 0 nitrogen and oxygen atoms in total. The van der Waals surface area contributed by atoms with Gasteiger partial charge in [-0.1, -0.05) is 19.1 Å². The van der Waals surface area contributed by atoms with Crippen molar-refractivity contribution >= 4 is 39.9 Å². The fourth-order valence-electron chi connectivity index (χ4n) is 1.44. The Morgan fingerprint density at radius 2 is 2.43 bits per heavy atom. The molecule has 1 aliphatic rings. The molecule has 2 rings (SSSR count). The molecule has 0 amide bonds. The van der Waals surface area contributed by atoms with Crippen molar-refractivity contribution in [1.82, 2.24) is 0 Å². The number of hydrogen-bond donors (Lipinski definition) is 0. The minimum Gasteiger partial charge on any atom is -0.207 e. The van der Waals surface area contributed by atoms with Crippen LogP contribution in [0.15, 0.2) is 17.0 Å². The number of thioether (sulfide) groups is 2. The van der Waals surface area contributed by atoms with Gasteiger partial charge in [-0.05, 0) is 17.9 Å². The number of halogens is 1. The standard InChI is InChI=1S/C10H9FS3/c1-2-13-10(12)9-6-5-14-8(9)4-3-7(6)11/h3-4H,2,5H2,1H3. The Balaban J connectivity index is 2.44. The van der Waals surface area contributed by atoms with E-state index < -0.39 is 0 Å². The molecule has 0 aliphatic carbocycles. The summed E-state index contributed by atoms with van der Waals surface area (Å²) in [4.78, 5) is 1.13. The van der Waals surface area contributed by atoms with Crippen LogP contribution in [0.3, 0.4) is 0 Å². The Kier molecular flexibility index (Phi) is 3.14. The Morgan fingerprint density at radius 1 is 1.64 bits per heavy atom. The van der Waals surface area contributed by atoms with E-state index in [2.05, 4.69) is 6.92 Å². The summed E-state index contributed by atoms with van der Waals surface area (Å²) in [5, 5.41) is 0. The quantitative estimate of drug-likeness (QED) is 0.725. The monoisotopic (exact) mass is 244 g/mol. The minimum absolute atomic E-state index is 0.118. The summed E-state index contributed by atoms with van der Waals surface area (Å²) in [6.07, 6.45) is 0. The van der Waals surface area contributed by atoms with Crippen molar-refractivity contribution < 1.29 is 4.39 Å². The lowest BCUT2D eigenvalue weighted by Crippen LogP contribution is -1.98. The number of rotatable bonds is 2. The van der Waals surface area contributed by atoms with Crippen LogP contribution >= 0.6 is 35.7 Å². The maximum atomic E-state index is 13.4. The van der Waals surface area contributed by atoms with Crippen LogP contribution in [0.25, 0.3) is 0 Å². The molecular weight excluding hydrogens is 235 g/mol. The van der Waals surface area contributed by atoms with Crippen molar-refractivity contribution in [1.29, 1.82) is 0 Å². The van der Waals surface area contributed by atoms with Gasteiger partial charge >= 0.3 is 0 Å². The zero-order valence-electron chi connectivity index (χ0n) is 7.67. The first-order valence-corrected chi connectivity index (χ1v) is 6.73. The fraction of sp³-hybridized carbons (Fsp3) is 0.300. The van der Waals surface area contributed by atoms with Gasteiger partial charge in [0, 0.05) is 21.8 Å². The second-order valence-corrected chi connectivity index (χ2v) is 5.87. The molecule has 0 aromatic heterocycles. The first-order valence-electron chi connectivity index (χ1n) is 4.35. The lowest BCUT2D eigenvalue weighted by molar-refractivity contribution is 0.617. The first-order chi connectivity index (χ1) is 6.74. The summed E-state index contributed by atoms with van der Waals surface area (Å²) in [5.41, 5.74) is 1.76. The highest BCUT2D eigenvalue weighted by Gasteiger charge is 2.23. The van der Waals surface area contributed by atoms with Crippen LogP contribution in [0, 0.1) is 5.82 Å². The van der Waals surface area contributed by atoms with Crippen LogP contribution < -0.4 is 0 Å². The topological polar surface area (TPSA) is 0 Å². The van der Waals surface area contributed by atoms with Crippen molar-refractivity contribution in [2.24, 2.45) is 0 Å². The zero-order valence-corrected chi connectivity index (χ0v) is 10.1. The van der Waals surface area contributed by atoms with E-state index in [0.29, 0.717) is 0 Å². The molecule has 0 fully saturated rings. The molecule has 1 aliphatic heterocycles. The van der Waals surface area contributed by atoms with Gasteiger partial charge in [0.25, 0.3) is 0 Å². The highest BCUT2D eigenvalue weighted by Crippen LogP contribution is 2.40. The molecule has 1 heterocycles. The smallest absolute Gasteiger partial charge is 0.128 e. The summed E-state index contributed by atoms with van der Waals surface area (Å²) in [6.45, 7) is 2.06. The summed E-state index contributed by atoms with van der Waals surface area (Å²) < 4.78 is 14.2. The normalized spacial score (nSPS) is 13.3. The number of hydrogen-bond acceptors (Lipinski definition) is 3. The average molecular weight is 244 g/mol. The summed E-state index contributed by atoms with van der Waals surface area (Å²) in [7, 11) is 0. The molecule has 0 atom stereocenters. The van der Waals surface area contributed by atoms with Crippen LogP contribution in [0.1, 0.15) is 18.1 Å². The van der Waals surface area contributed by atoms with E-state index in [-0.39, 0.29) is 5.82 Å². The molecule has 14 heavy (non-hydrogen) atoms. The molecule has 74 valence electrons. The Hall–Kier alpha value is -0.0600. The largest absolute Gasteiger partial charge is 0.207 e. The van der Waals surface area contributed by atoms with E-state index >= 15 is 0 Å². The van der Waals surface area contributed by atoms with Gasteiger partial charge in [0.2, 0.25) is 0 Å². The molecule has 1 aromatic carbocycles. The van der Waals surface area contributed by atoms with E-state index in [1.54, 1.807) is 23.5 Å². The van der Waals surface area contributed by atoms with E-state index in [1.165, 1.54) is 6.07 Å². The predicted molar refractivity (Wildman–Crippen MR) is 65.8 cm³/mol. The second kappa shape index (κ2) is 4.21. The van der Waals surface area contributed by atoms with Gasteiger partial charge in [0.1, 0.15) is 5.82 Å². The molecule has 0 N–H and O–H groups in total. The lowest BCUT2D eigenvalue weighted by Gasteiger charge is -2.05. The average Bonchev–Trinajstić information content (AvgIpc) is 2.50. The third-order valence-corrected chi connectivity index (χ3v) is 4.47. The van der Waals surface area contributed by atoms with E-state index in [0.717, 1.165) is 31.7 Å². The van der Waals surface area contributed by atoms with Gasteiger partial charge in [-0.15, -0.1) is 23.5 Å². The Morgan fingerprint density at radius 3 is 3.14 bits per heavy atom. The van der Waals surface area contributed by atoms with Crippen molar-refractivity contribution in [2.75, 3.05) is 5.75 Å². The first kappa shape index (κ1) is 10.5. The molecule has 0 radical (unpaired) electrons. The highest BCUT2D eigenvalue weighted by atomic mass is 32.2. The van der Waals surface area contributed by atoms with Crippen molar-refractivity contribution in [3.8, 4) is 0 Å². The number of fused-ring (bicyclic) bond motifs is 2. The minimum atomic E-state index is -0.118. The van der Waals surface area contributed by atoms with Crippen LogP contribution in [-0.4, -0.2) is 9.95 Å². The molecule has 1 aromatic rings. The number of benzene rings is 1. The van der Waals surface area contributed by atoms with Gasteiger partial charge in [-0.25, -0.2) is 4.39 Å². The van der Waals surface area contributed by atoms with Crippen molar-refractivity contribution in [3.63, 3.8) is 0 Å². The molecule has 0 saturated carbocycles. The van der Waals surface area contributed by atoms with Gasteiger partial charge < -0.3 is 0 Å². The molecule has 2 bridgehead atoms. The SMILES string of the molecule is CCSC(=S)c1c2ccc(F)c1CS2. The van der Waals surface area contributed by atoms with E-state index in [4.69, 9.17) is 12.2 Å². The van der Waals surface area contributed by atoms with Crippen molar-refractivity contribution in [2.45, 2.75) is 17.6 Å². The predicted octanol–water partition coefficient (Wildman–Crippen LogP) is 3.86. The molecule has 0 saturated heterocycles.